The summed E-state index contributed by atoms with van der Waals surface area (Å²) in [5.74, 6) is -0.522. The van der Waals surface area contributed by atoms with Gasteiger partial charge in [-0.3, -0.25) is 4.79 Å². The van der Waals surface area contributed by atoms with Crippen LogP contribution in [0.5, 0.6) is 0 Å². The third-order valence-corrected chi connectivity index (χ3v) is 2.27. The van der Waals surface area contributed by atoms with Gasteiger partial charge in [-0.1, -0.05) is 15.9 Å². The second-order valence-corrected chi connectivity index (χ2v) is 3.04. The van der Waals surface area contributed by atoms with E-state index in [1.165, 1.54) is 0 Å². The Labute approximate surface area is 65.9 Å². The minimum Gasteiger partial charge on any atom is -0.456 e. The zero-order valence-electron chi connectivity index (χ0n) is 5.03. The lowest BCUT2D eigenvalue weighted by Crippen LogP contribution is -2.29. The van der Waals surface area contributed by atoms with E-state index in [1.54, 1.807) is 0 Å². The van der Waals surface area contributed by atoms with Gasteiger partial charge in [-0.15, -0.1) is 0 Å². The Hall–Kier alpha value is -0.130. The molecule has 1 aliphatic heterocycles. The van der Waals surface area contributed by atoms with Crippen LogP contribution in [0.2, 0.25) is 0 Å². The molecule has 0 bridgehead atoms. The van der Waals surface area contributed by atoms with Crippen LogP contribution in [0, 0.1) is 0 Å². The quantitative estimate of drug-likeness (QED) is 0.432. The fraction of sp³-hybridized carbons (Fsp3) is 0.800. The van der Waals surface area contributed by atoms with Crippen LogP contribution in [-0.2, 0) is 9.53 Å². The van der Waals surface area contributed by atoms with Crippen LogP contribution in [0.3, 0.4) is 0 Å². The lowest BCUT2D eigenvalue weighted by Gasteiger charge is -2.08. The minimum absolute atomic E-state index is 0.338. The first-order valence-electron chi connectivity index (χ1n) is 2.80. The third-order valence-electron chi connectivity index (χ3n) is 1.35. The number of ether oxygens (including phenoxy) is 1. The second-order valence-electron chi connectivity index (χ2n) is 2.05. The zero-order valence-corrected chi connectivity index (χ0v) is 6.61. The molecule has 2 N–H and O–H groups in total. The van der Waals surface area contributed by atoms with Crippen LogP contribution >= 0.6 is 15.9 Å². The first-order valence-corrected chi connectivity index (χ1v) is 3.72. The van der Waals surface area contributed by atoms with Crippen molar-refractivity contribution in [2.24, 2.45) is 0 Å². The molecule has 0 aromatic carbocycles. The Kier molecular flexibility index (Phi) is 2.28. The molecule has 1 aliphatic rings. The highest BCUT2D eigenvalue weighted by Gasteiger charge is 2.41. The normalized spacial score (nSPS) is 39.9. The molecule has 58 valence electrons. The summed E-state index contributed by atoms with van der Waals surface area (Å²) in [7, 11) is 0. The number of esters is 1. The number of alkyl halides is 1. The van der Waals surface area contributed by atoms with Gasteiger partial charge in [0.25, 0.3) is 0 Å². The Morgan fingerprint density at radius 3 is 2.50 bits per heavy atom. The SMILES string of the molecule is O=C1O[C@H](CO)[C@H](O)[C@H]1Br. The topological polar surface area (TPSA) is 66.8 Å². The maximum absolute atomic E-state index is 10.6. The summed E-state index contributed by atoms with van der Waals surface area (Å²) in [6.45, 7) is -0.338. The molecule has 0 aromatic rings. The molecule has 0 aromatic heterocycles. The third kappa shape index (κ3) is 1.16. The van der Waals surface area contributed by atoms with Gasteiger partial charge in [0.2, 0.25) is 0 Å². The van der Waals surface area contributed by atoms with Gasteiger partial charge < -0.3 is 14.9 Å². The summed E-state index contributed by atoms with van der Waals surface area (Å²) >= 11 is 2.91. The van der Waals surface area contributed by atoms with Crippen LogP contribution in [0.4, 0.5) is 0 Å². The molecule has 0 radical (unpaired) electrons. The summed E-state index contributed by atoms with van der Waals surface area (Å²) in [6.07, 6.45) is -1.70. The zero-order chi connectivity index (χ0) is 7.72. The largest absolute Gasteiger partial charge is 0.456 e. The molecule has 1 saturated heterocycles. The lowest BCUT2D eigenvalue weighted by atomic mass is 10.2. The van der Waals surface area contributed by atoms with E-state index >= 15 is 0 Å². The Balaban J connectivity index is 2.61. The fourth-order valence-electron chi connectivity index (χ4n) is 0.757. The molecule has 3 atom stereocenters. The number of rotatable bonds is 1. The van der Waals surface area contributed by atoms with E-state index in [1.807, 2.05) is 0 Å². The number of carbonyl (C=O) groups excluding carboxylic acids is 1. The van der Waals surface area contributed by atoms with Gasteiger partial charge in [-0.05, 0) is 0 Å². The van der Waals surface area contributed by atoms with Crippen molar-refractivity contribution in [2.45, 2.75) is 17.0 Å². The number of cyclic esters (lactones) is 1. The number of carbonyl (C=O) groups is 1. The van der Waals surface area contributed by atoms with E-state index in [4.69, 9.17) is 10.2 Å². The summed E-state index contributed by atoms with van der Waals surface area (Å²) in [4.78, 5) is 9.92. The van der Waals surface area contributed by atoms with Crippen molar-refractivity contribution in [1.82, 2.24) is 0 Å². The van der Waals surface area contributed by atoms with Gasteiger partial charge in [0.1, 0.15) is 10.9 Å². The van der Waals surface area contributed by atoms with Gasteiger partial charge in [-0.2, -0.15) is 0 Å². The number of halogens is 1. The molecule has 1 fully saturated rings. The van der Waals surface area contributed by atoms with Gasteiger partial charge in [0.15, 0.2) is 6.10 Å². The molecule has 1 rings (SSSR count). The fourth-order valence-corrected chi connectivity index (χ4v) is 1.21. The molecule has 0 unspecified atom stereocenters. The molecular weight excluding hydrogens is 204 g/mol. The highest BCUT2D eigenvalue weighted by molar-refractivity contribution is 9.10. The monoisotopic (exact) mass is 210 g/mol. The van der Waals surface area contributed by atoms with E-state index < -0.39 is 23.0 Å². The standard InChI is InChI=1S/C5H7BrO4/c6-3-4(8)2(1-7)10-5(3)9/h2-4,7-8H,1H2/t2-,3-,4+/m1/s1. The van der Waals surface area contributed by atoms with E-state index in [2.05, 4.69) is 20.7 Å². The van der Waals surface area contributed by atoms with Gasteiger partial charge >= 0.3 is 5.97 Å². The van der Waals surface area contributed by atoms with Crippen LogP contribution in [0.15, 0.2) is 0 Å². The predicted molar refractivity (Wildman–Crippen MR) is 35.7 cm³/mol. The lowest BCUT2D eigenvalue weighted by molar-refractivity contribution is -0.142. The van der Waals surface area contributed by atoms with Crippen molar-refractivity contribution in [2.75, 3.05) is 6.61 Å². The van der Waals surface area contributed by atoms with Gasteiger partial charge in [-0.25, -0.2) is 0 Å². The molecule has 4 nitrogen and oxygen atoms in total. The van der Waals surface area contributed by atoms with Crippen LogP contribution in [0.1, 0.15) is 0 Å². The Morgan fingerprint density at radius 1 is 1.70 bits per heavy atom. The van der Waals surface area contributed by atoms with E-state index in [0.29, 0.717) is 0 Å². The predicted octanol–water partition coefficient (Wildman–Crippen LogP) is -0.972. The molecule has 0 aliphatic carbocycles. The maximum Gasteiger partial charge on any atom is 0.323 e. The highest BCUT2D eigenvalue weighted by Crippen LogP contribution is 2.21. The number of hydrogen-bond acceptors (Lipinski definition) is 4. The average Bonchev–Trinajstić information content (AvgIpc) is 2.17. The van der Waals surface area contributed by atoms with Crippen molar-refractivity contribution in [3.05, 3.63) is 0 Å². The number of aliphatic hydroxyl groups excluding tert-OH is 2. The van der Waals surface area contributed by atoms with Crippen molar-refractivity contribution in [3.63, 3.8) is 0 Å². The van der Waals surface area contributed by atoms with Crippen LogP contribution in [0.25, 0.3) is 0 Å². The summed E-state index contributed by atoms with van der Waals surface area (Å²) in [5, 5.41) is 17.6. The Bertz CT molecular complexity index is 149. The van der Waals surface area contributed by atoms with Crippen molar-refractivity contribution >= 4 is 21.9 Å². The minimum atomic E-state index is -0.933. The van der Waals surface area contributed by atoms with Crippen LogP contribution < -0.4 is 0 Å². The molecular formula is C5H7BrO4. The molecule has 5 heteroatoms. The molecule has 10 heavy (non-hydrogen) atoms. The van der Waals surface area contributed by atoms with Crippen LogP contribution in [-0.4, -0.2) is 39.8 Å². The summed E-state index contributed by atoms with van der Waals surface area (Å²) < 4.78 is 4.55. The number of hydrogen-bond donors (Lipinski definition) is 2. The summed E-state index contributed by atoms with van der Waals surface area (Å²) in [6, 6.07) is 0. The summed E-state index contributed by atoms with van der Waals surface area (Å²) in [5.41, 5.74) is 0. The second kappa shape index (κ2) is 2.86. The highest BCUT2D eigenvalue weighted by atomic mass is 79.9. The van der Waals surface area contributed by atoms with E-state index in [0.717, 1.165) is 0 Å². The Morgan fingerprint density at radius 2 is 2.30 bits per heavy atom. The molecule has 0 amide bonds. The first kappa shape index (κ1) is 7.97. The van der Waals surface area contributed by atoms with Gasteiger partial charge in [0, 0.05) is 0 Å². The smallest absolute Gasteiger partial charge is 0.323 e. The van der Waals surface area contributed by atoms with Crippen molar-refractivity contribution < 1.29 is 19.7 Å². The maximum atomic E-state index is 10.6. The van der Waals surface area contributed by atoms with E-state index in [9.17, 15) is 4.79 Å². The van der Waals surface area contributed by atoms with E-state index in [-0.39, 0.29) is 6.61 Å². The average molecular weight is 211 g/mol. The van der Waals surface area contributed by atoms with Crippen molar-refractivity contribution in [3.8, 4) is 0 Å². The molecule has 0 spiro atoms. The first-order chi connectivity index (χ1) is 4.66. The molecule has 0 saturated carbocycles. The molecule has 1 heterocycles. The number of aliphatic hydroxyl groups is 2. The van der Waals surface area contributed by atoms with Gasteiger partial charge in [0.05, 0.1) is 6.61 Å². The van der Waals surface area contributed by atoms with Crippen molar-refractivity contribution in [1.29, 1.82) is 0 Å².